The van der Waals surface area contributed by atoms with Gasteiger partial charge in [-0.1, -0.05) is 12.1 Å². The number of hydrogen-bond donors (Lipinski definition) is 2. The maximum Gasteiger partial charge on any atom is 0.270 e. The van der Waals surface area contributed by atoms with Gasteiger partial charge in [-0.15, -0.1) is 0 Å². The Morgan fingerprint density at radius 3 is 2.67 bits per heavy atom. The standard InChI is InChI=1S/C21H21FN4O4/c22-15-3-1-14(2-4-15)20(25-7-9-30-10-8-25)13-24-21(27)18-12-23-19-6-5-16(26(28)29)11-17(18)19/h1-6,11-12,20,23H,7-10,13H2,(H,24,27). The van der Waals surface area contributed by atoms with Gasteiger partial charge in [0.25, 0.3) is 11.6 Å². The van der Waals surface area contributed by atoms with Crippen LogP contribution >= 0.6 is 0 Å². The van der Waals surface area contributed by atoms with Crippen LogP contribution in [0.5, 0.6) is 0 Å². The van der Waals surface area contributed by atoms with Crippen molar-refractivity contribution in [1.29, 1.82) is 0 Å². The highest BCUT2D eigenvalue weighted by atomic mass is 19.1. The first-order chi connectivity index (χ1) is 14.5. The number of aromatic nitrogens is 1. The molecule has 1 amide bonds. The van der Waals surface area contributed by atoms with E-state index in [1.165, 1.54) is 24.3 Å². The molecule has 9 heteroatoms. The number of morpholine rings is 1. The SMILES string of the molecule is O=C(NCC(c1ccc(F)cc1)N1CCOCC1)c1c[nH]c2ccc([N+](=O)[O-])cc12. The summed E-state index contributed by atoms with van der Waals surface area (Å²) < 4.78 is 18.8. The minimum Gasteiger partial charge on any atom is -0.379 e. The van der Waals surface area contributed by atoms with E-state index in [1.54, 1.807) is 24.4 Å². The first-order valence-electron chi connectivity index (χ1n) is 9.64. The molecule has 2 aromatic carbocycles. The number of carbonyl (C=O) groups excluding carboxylic acids is 1. The van der Waals surface area contributed by atoms with Crippen molar-refractivity contribution in [3.63, 3.8) is 0 Å². The molecule has 8 nitrogen and oxygen atoms in total. The summed E-state index contributed by atoms with van der Waals surface area (Å²) in [5, 5.41) is 14.5. The van der Waals surface area contributed by atoms with Gasteiger partial charge in [-0.05, 0) is 23.8 Å². The van der Waals surface area contributed by atoms with Gasteiger partial charge in [0, 0.05) is 48.9 Å². The average molecular weight is 412 g/mol. The third-order valence-corrected chi connectivity index (χ3v) is 5.32. The molecule has 2 N–H and O–H groups in total. The summed E-state index contributed by atoms with van der Waals surface area (Å²) in [6.07, 6.45) is 1.55. The van der Waals surface area contributed by atoms with Crippen LogP contribution in [0.25, 0.3) is 10.9 Å². The summed E-state index contributed by atoms with van der Waals surface area (Å²) in [5.74, 6) is -0.647. The molecule has 156 valence electrons. The molecule has 2 heterocycles. The molecule has 1 atom stereocenters. The van der Waals surface area contributed by atoms with E-state index in [0.717, 1.165) is 5.56 Å². The van der Waals surface area contributed by atoms with E-state index in [4.69, 9.17) is 4.74 Å². The fourth-order valence-corrected chi connectivity index (χ4v) is 3.73. The van der Waals surface area contributed by atoms with E-state index in [9.17, 15) is 19.3 Å². The van der Waals surface area contributed by atoms with Crippen molar-refractivity contribution in [2.75, 3.05) is 32.8 Å². The molecule has 1 unspecified atom stereocenters. The highest BCUT2D eigenvalue weighted by Crippen LogP contribution is 2.25. The fraction of sp³-hybridized carbons (Fsp3) is 0.286. The summed E-state index contributed by atoms with van der Waals surface area (Å²) in [6.45, 7) is 2.91. The molecule has 1 aliphatic rings. The van der Waals surface area contributed by atoms with E-state index >= 15 is 0 Å². The van der Waals surface area contributed by atoms with Crippen molar-refractivity contribution >= 4 is 22.5 Å². The molecular formula is C21H21FN4O4. The van der Waals surface area contributed by atoms with Crippen LogP contribution in [0.1, 0.15) is 22.0 Å². The van der Waals surface area contributed by atoms with Crippen LogP contribution in [0, 0.1) is 15.9 Å². The Hall–Kier alpha value is -3.30. The van der Waals surface area contributed by atoms with Crippen molar-refractivity contribution in [3.8, 4) is 0 Å². The lowest BCUT2D eigenvalue weighted by Gasteiger charge is -2.35. The number of ether oxygens (including phenoxy) is 1. The first-order valence-corrected chi connectivity index (χ1v) is 9.64. The molecule has 1 saturated heterocycles. The smallest absolute Gasteiger partial charge is 0.270 e. The van der Waals surface area contributed by atoms with Crippen molar-refractivity contribution in [1.82, 2.24) is 15.2 Å². The van der Waals surface area contributed by atoms with Crippen molar-refractivity contribution in [2.45, 2.75) is 6.04 Å². The zero-order valence-corrected chi connectivity index (χ0v) is 16.1. The van der Waals surface area contributed by atoms with Gasteiger partial charge in [-0.25, -0.2) is 4.39 Å². The van der Waals surface area contributed by atoms with Gasteiger partial charge in [0.1, 0.15) is 5.82 Å². The van der Waals surface area contributed by atoms with E-state index in [0.29, 0.717) is 49.3 Å². The number of fused-ring (bicyclic) bond motifs is 1. The summed E-state index contributed by atoms with van der Waals surface area (Å²) >= 11 is 0. The number of aromatic amines is 1. The van der Waals surface area contributed by atoms with Crippen LogP contribution in [0.2, 0.25) is 0 Å². The fourth-order valence-electron chi connectivity index (χ4n) is 3.73. The van der Waals surface area contributed by atoms with Crippen LogP contribution in [-0.2, 0) is 4.74 Å². The van der Waals surface area contributed by atoms with E-state index in [1.807, 2.05) is 0 Å². The zero-order chi connectivity index (χ0) is 21.1. The van der Waals surface area contributed by atoms with E-state index < -0.39 is 4.92 Å². The quantitative estimate of drug-likeness (QED) is 0.479. The molecule has 4 rings (SSSR count). The second-order valence-corrected chi connectivity index (χ2v) is 7.12. The minimum absolute atomic E-state index is 0.0753. The molecule has 0 saturated carbocycles. The maximum atomic E-state index is 13.4. The molecule has 0 bridgehead atoms. The molecule has 0 radical (unpaired) electrons. The summed E-state index contributed by atoms with van der Waals surface area (Å²) in [7, 11) is 0. The largest absolute Gasteiger partial charge is 0.379 e. The summed E-state index contributed by atoms with van der Waals surface area (Å²) in [5.41, 5.74) is 1.81. The number of rotatable bonds is 6. The maximum absolute atomic E-state index is 13.4. The van der Waals surface area contributed by atoms with Crippen LogP contribution in [0.15, 0.2) is 48.7 Å². The van der Waals surface area contributed by atoms with E-state index in [2.05, 4.69) is 15.2 Å². The van der Waals surface area contributed by atoms with Crippen molar-refractivity contribution < 1.29 is 18.8 Å². The van der Waals surface area contributed by atoms with Crippen molar-refractivity contribution in [3.05, 3.63) is 75.7 Å². The Labute approximate surface area is 171 Å². The van der Waals surface area contributed by atoms with Gasteiger partial charge >= 0.3 is 0 Å². The second-order valence-electron chi connectivity index (χ2n) is 7.12. The van der Waals surface area contributed by atoms with Gasteiger partial charge < -0.3 is 15.0 Å². The number of nitrogens with one attached hydrogen (secondary N) is 2. The van der Waals surface area contributed by atoms with Gasteiger partial charge in [0.15, 0.2) is 0 Å². The molecule has 0 spiro atoms. The lowest BCUT2D eigenvalue weighted by atomic mass is 10.0. The Balaban J connectivity index is 1.55. The number of halogens is 1. The van der Waals surface area contributed by atoms with E-state index in [-0.39, 0.29) is 23.5 Å². The molecule has 3 aromatic rings. The zero-order valence-electron chi connectivity index (χ0n) is 16.1. The number of nitro benzene ring substituents is 1. The number of hydrogen-bond acceptors (Lipinski definition) is 5. The van der Waals surface area contributed by atoms with Gasteiger partial charge in [0.2, 0.25) is 0 Å². The molecule has 1 aliphatic heterocycles. The molecule has 1 aromatic heterocycles. The minimum atomic E-state index is -0.489. The highest BCUT2D eigenvalue weighted by molar-refractivity contribution is 6.07. The van der Waals surface area contributed by atoms with Crippen LogP contribution in [0.3, 0.4) is 0 Å². The molecule has 1 fully saturated rings. The number of nitrogens with zero attached hydrogens (tertiary/aromatic N) is 2. The van der Waals surface area contributed by atoms with Crippen molar-refractivity contribution in [2.24, 2.45) is 0 Å². The normalized spacial score (nSPS) is 15.8. The number of nitro groups is 1. The van der Waals surface area contributed by atoms with Crippen LogP contribution in [-0.4, -0.2) is 53.6 Å². The van der Waals surface area contributed by atoms with Gasteiger partial charge in [-0.3, -0.25) is 19.8 Å². The molecular weight excluding hydrogens is 391 g/mol. The van der Waals surface area contributed by atoms with Gasteiger partial charge in [0.05, 0.1) is 29.7 Å². The van der Waals surface area contributed by atoms with Crippen LogP contribution < -0.4 is 5.32 Å². The number of H-pyrrole nitrogens is 1. The highest BCUT2D eigenvalue weighted by Gasteiger charge is 2.24. The Morgan fingerprint density at radius 1 is 1.23 bits per heavy atom. The molecule has 0 aliphatic carbocycles. The lowest BCUT2D eigenvalue weighted by Crippen LogP contribution is -2.43. The second kappa shape index (κ2) is 8.60. The average Bonchev–Trinajstić information content (AvgIpc) is 3.19. The number of non-ortho nitro benzene ring substituents is 1. The predicted octanol–water partition coefficient (Wildman–Crippen LogP) is 3.02. The number of carbonyl (C=O) groups is 1. The third-order valence-electron chi connectivity index (χ3n) is 5.32. The Morgan fingerprint density at radius 2 is 1.97 bits per heavy atom. The predicted molar refractivity (Wildman–Crippen MR) is 109 cm³/mol. The summed E-state index contributed by atoms with van der Waals surface area (Å²) in [4.78, 5) is 28.6. The van der Waals surface area contributed by atoms with Crippen LogP contribution in [0.4, 0.5) is 10.1 Å². The Bertz CT molecular complexity index is 1060. The third kappa shape index (κ3) is 4.17. The topological polar surface area (TPSA) is 100 Å². The molecule has 30 heavy (non-hydrogen) atoms. The Kier molecular flexibility index (Phi) is 5.73. The number of amides is 1. The monoisotopic (exact) mass is 412 g/mol. The lowest BCUT2D eigenvalue weighted by molar-refractivity contribution is -0.384. The number of benzene rings is 2. The van der Waals surface area contributed by atoms with Gasteiger partial charge in [-0.2, -0.15) is 0 Å². The summed E-state index contributed by atoms with van der Waals surface area (Å²) in [6, 6.07) is 10.5. The first kappa shape index (κ1) is 20.0.